The monoisotopic (exact) mass is 218 g/mol. The van der Waals surface area contributed by atoms with Crippen molar-refractivity contribution in [3.8, 4) is 0 Å². The van der Waals surface area contributed by atoms with Gasteiger partial charge in [0.1, 0.15) is 12.0 Å². The molecule has 2 aliphatic rings. The minimum Gasteiger partial charge on any atom is -0.373 e. The van der Waals surface area contributed by atoms with Gasteiger partial charge < -0.3 is 9.80 Å². The van der Waals surface area contributed by atoms with Gasteiger partial charge in [-0.05, 0) is 19.3 Å². The Labute approximate surface area is 96.3 Å². The molecule has 1 aliphatic heterocycles. The van der Waals surface area contributed by atoms with E-state index in [-0.39, 0.29) is 0 Å². The molecule has 0 N–H and O–H groups in total. The van der Waals surface area contributed by atoms with Crippen LogP contribution in [0.4, 0.5) is 11.5 Å². The number of nitrogens with zero attached hydrogens (tertiary/aromatic N) is 4. The zero-order chi connectivity index (χ0) is 11.1. The summed E-state index contributed by atoms with van der Waals surface area (Å²) in [6, 6.07) is 0. The summed E-state index contributed by atoms with van der Waals surface area (Å²) < 4.78 is 0. The van der Waals surface area contributed by atoms with Crippen molar-refractivity contribution in [2.45, 2.75) is 25.2 Å². The second-order valence-electron chi connectivity index (χ2n) is 4.94. The molecule has 1 aliphatic carbocycles. The van der Waals surface area contributed by atoms with Crippen LogP contribution in [0, 0.1) is 0 Å². The van der Waals surface area contributed by atoms with E-state index in [9.17, 15) is 0 Å². The lowest BCUT2D eigenvalue weighted by Gasteiger charge is -2.35. The van der Waals surface area contributed by atoms with Crippen LogP contribution in [0.2, 0.25) is 0 Å². The molecule has 4 nitrogen and oxygen atoms in total. The van der Waals surface area contributed by atoms with E-state index in [0.29, 0.717) is 5.92 Å². The van der Waals surface area contributed by atoms with Crippen LogP contribution in [0.5, 0.6) is 0 Å². The quantitative estimate of drug-likeness (QED) is 0.772. The van der Waals surface area contributed by atoms with Crippen molar-refractivity contribution in [2.24, 2.45) is 0 Å². The second kappa shape index (κ2) is 3.61. The fraction of sp³-hybridized carbons (Fsp3) is 0.667. The average molecular weight is 218 g/mol. The number of hydrogen-bond acceptors (Lipinski definition) is 4. The predicted octanol–water partition coefficient (Wildman–Crippen LogP) is 1.63. The molecule has 0 bridgehead atoms. The highest BCUT2D eigenvalue weighted by Crippen LogP contribution is 2.45. The van der Waals surface area contributed by atoms with Crippen molar-refractivity contribution < 1.29 is 0 Å². The molecule has 3 rings (SSSR count). The van der Waals surface area contributed by atoms with Crippen LogP contribution < -0.4 is 9.80 Å². The number of aromatic nitrogens is 2. The highest BCUT2D eigenvalue weighted by molar-refractivity contribution is 5.70. The Morgan fingerprint density at radius 1 is 1.25 bits per heavy atom. The van der Waals surface area contributed by atoms with Gasteiger partial charge in [0.2, 0.25) is 0 Å². The van der Waals surface area contributed by atoms with E-state index >= 15 is 0 Å². The Bertz CT molecular complexity index is 394. The van der Waals surface area contributed by atoms with Gasteiger partial charge >= 0.3 is 0 Å². The van der Waals surface area contributed by atoms with Gasteiger partial charge in [0.25, 0.3) is 0 Å². The minimum absolute atomic E-state index is 0.681. The first-order chi connectivity index (χ1) is 7.77. The van der Waals surface area contributed by atoms with Gasteiger partial charge in [-0.15, -0.1) is 0 Å². The summed E-state index contributed by atoms with van der Waals surface area (Å²) in [6.45, 7) is 2.28. The molecule has 0 unspecified atom stereocenters. The lowest BCUT2D eigenvalue weighted by molar-refractivity contribution is 0.607. The van der Waals surface area contributed by atoms with Crippen LogP contribution in [0.3, 0.4) is 0 Å². The van der Waals surface area contributed by atoms with Gasteiger partial charge in [-0.1, -0.05) is 0 Å². The van der Waals surface area contributed by atoms with E-state index in [4.69, 9.17) is 0 Å². The molecule has 1 saturated carbocycles. The molecular formula is C12H18N4. The summed E-state index contributed by atoms with van der Waals surface area (Å²) in [6.07, 6.45) is 5.60. The van der Waals surface area contributed by atoms with Crippen LogP contribution in [-0.2, 0) is 0 Å². The maximum Gasteiger partial charge on any atom is 0.155 e. The first kappa shape index (κ1) is 9.87. The first-order valence-electron chi connectivity index (χ1n) is 6.04. The lowest BCUT2D eigenvalue weighted by atomic mass is 10.1. The van der Waals surface area contributed by atoms with E-state index in [1.54, 1.807) is 6.33 Å². The highest BCUT2D eigenvalue weighted by atomic mass is 15.3. The summed E-state index contributed by atoms with van der Waals surface area (Å²) in [4.78, 5) is 13.5. The SMILES string of the molecule is CN(C)c1c(C2CC2)ncnc1N1CCC1. The number of rotatable bonds is 3. The maximum absolute atomic E-state index is 4.48. The van der Waals surface area contributed by atoms with Crippen LogP contribution in [0.1, 0.15) is 30.9 Å². The van der Waals surface area contributed by atoms with E-state index in [2.05, 4.69) is 33.9 Å². The molecule has 0 radical (unpaired) electrons. The molecule has 2 fully saturated rings. The van der Waals surface area contributed by atoms with Crippen molar-refractivity contribution in [2.75, 3.05) is 37.0 Å². The van der Waals surface area contributed by atoms with Crippen LogP contribution >= 0.6 is 0 Å². The number of anilines is 2. The largest absolute Gasteiger partial charge is 0.373 e. The molecule has 16 heavy (non-hydrogen) atoms. The van der Waals surface area contributed by atoms with Gasteiger partial charge in [-0.3, -0.25) is 0 Å². The number of hydrogen-bond donors (Lipinski definition) is 0. The van der Waals surface area contributed by atoms with E-state index < -0.39 is 0 Å². The molecule has 0 aromatic carbocycles. The molecule has 4 heteroatoms. The maximum atomic E-state index is 4.48. The molecule has 0 atom stereocenters. The van der Waals surface area contributed by atoms with Crippen molar-refractivity contribution >= 4 is 11.5 Å². The second-order valence-corrected chi connectivity index (χ2v) is 4.94. The molecular weight excluding hydrogens is 200 g/mol. The van der Waals surface area contributed by atoms with E-state index in [1.165, 1.54) is 30.6 Å². The Morgan fingerprint density at radius 3 is 2.50 bits per heavy atom. The fourth-order valence-corrected chi connectivity index (χ4v) is 2.23. The van der Waals surface area contributed by atoms with Crippen molar-refractivity contribution in [3.05, 3.63) is 12.0 Å². The lowest BCUT2D eigenvalue weighted by Crippen LogP contribution is -2.39. The zero-order valence-corrected chi connectivity index (χ0v) is 9.98. The van der Waals surface area contributed by atoms with Gasteiger partial charge in [-0.2, -0.15) is 0 Å². The fourth-order valence-electron chi connectivity index (χ4n) is 2.23. The average Bonchev–Trinajstić information content (AvgIpc) is 2.97. The highest BCUT2D eigenvalue weighted by Gasteiger charge is 2.31. The van der Waals surface area contributed by atoms with Crippen LogP contribution in [0.15, 0.2) is 6.33 Å². The molecule has 1 saturated heterocycles. The van der Waals surface area contributed by atoms with Crippen molar-refractivity contribution in [1.29, 1.82) is 0 Å². The predicted molar refractivity (Wildman–Crippen MR) is 65.2 cm³/mol. The standard InChI is InChI=1S/C12H18N4/c1-15(2)11-10(9-4-5-9)13-8-14-12(11)16-6-3-7-16/h8-9H,3-7H2,1-2H3. The zero-order valence-electron chi connectivity index (χ0n) is 9.98. The summed E-state index contributed by atoms with van der Waals surface area (Å²) in [5, 5.41) is 0. The molecule has 0 amide bonds. The van der Waals surface area contributed by atoms with E-state index in [0.717, 1.165) is 18.9 Å². The van der Waals surface area contributed by atoms with Crippen molar-refractivity contribution in [1.82, 2.24) is 9.97 Å². The molecule has 86 valence electrons. The topological polar surface area (TPSA) is 32.3 Å². The van der Waals surface area contributed by atoms with Crippen LogP contribution in [-0.4, -0.2) is 37.2 Å². The van der Waals surface area contributed by atoms with E-state index in [1.807, 2.05) is 0 Å². The van der Waals surface area contributed by atoms with Gasteiger partial charge in [-0.25, -0.2) is 9.97 Å². The van der Waals surface area contributed by atoms with Crippen LogP contribution in [0.25, 0.3) is 0 Å². The summed E-state index contributed by atoms with van der Waals surface area (Å²) in [5.74, 6) is 1.81. The Morgan fingerprint density at radius 2 is 2.00 bits per heavy atom. The summed E-state index contributed by atoms with van der Waals surface area (Å²) >= 11 is 0. The smallest absolute Gasteiger partial charge is 0.155 e. The van der Waals surface area contributed by atoms with Gasteiger partial charge in [0, 0.05) is 33.1 Å². The normalized spacial score (nSPS) is 19.5. The Balaban J connectivity index is 2.04. The van der Waals surface area contributed by atoms with Gasteiger partial charge in [0.15, 0.2) is 5.82 Å². The van der Waals surface area contributed by atoms with Gasteiger partial charge in [0.05, 0.1) is 5.69 Å². The Hall–Kier alpha value is -1.32. The third kappa shape index (κ3) is 1.52. The molecule has 1 aromatic rings. The Kier molecular flexibility index (Phi) is 2.23. The third-order valence-electron chi connectivity index (χ3n) is 3.40. The summed E-state index contributed by atoms with van der Waals surface area (Å²) in [7, 11) is 4.18. The first-order valence-corrected chi connectivity index (χ1v) is 6.04. The van der Waals surface area contributed by atoms with Crippen molar-refractivity contribution in [3.63, 3.8) is 0 Å². The molecule has 0 spiro atoms. The molecule has 2 heterocycles. The summed E-state index contributed by atoms with van der Waals surface area (Å²) in [5.41, 5.74) is 2.49. The third-order valence-corrected chi connectivity index (χ3v) is 3.40. The minimum atomic E-state index is 0.681. The molecule has 1 aromatic heterocycles.